The van der Waals surface area contributed by atoms with Crippen LogP contribution in [0.3, 0.4) is 0 Å². The summed E-state index contributed by atoms with van der Waals surface area (Å²) in [6.45, 7) is 3.73. The van der Waals surface area contributed by atoms with Gasteiger partial charge in [-0.3, -0.25) is 4.72 Å². The topological polar surface area (TPSA) is 59.1 Å². The van der Waals surface area contributed by atoms with Gasteiger partial charge >= 0.3 is 0 Å². The number of hydrogen-bond acceptors (Lipinski definition) is 4. The van der Waals surface area contributed by atoms with E-state index >= 15 is 0 Å². The average molecular weight is 331 g/mol. The molecule has 0 aliphatic heterocycles. The van der Waals surface area contributed by atoms with Crippen LogP contribution in [0.25, 0.3) is 0 Å². The number of halogens is 1. The Balaban J connectivity index is 2.22. The number of benzene rings is 1. The molecular weight excluding hydrogens is 316 g/mol. The molecular formula is C13H15ClN2O2S2. The second-order valence-corrected chi connectivity index (χ2v) is 7.85. The number of hydrogen-bond donors (Lipinski definition) is 1. The van der Waals surface area contributed by atoms with E-state index in [1.165, 1.54) is 5.56 Å². The lowest BCUT2D eigenvalue weighted by molar-refractivity contribution is 0.602. The van der Waals surface area contributed by atoms with Gasteiger partial charge in [-0.1, -0.05) is 48.4 Å². The zero-order valence-corrected chi connectivity index (χ0v) is 13.6. The van der Waals surface area contributed by atoms with Crippen LogP contribution in [0.15, 0.2) is 28.5 Å². The molecule has 0 fully saturated rings. The first-order chi connectivity index (χ1) is 9.42. The number of anilines is 1. The van der Waals surface area contributed by atoms with Crippen LogP contribution in [0.1, 0.15) is 24.6 Å². The molecule has 20 heavy (non-hydrogen) atoms. The summed E-state index contributed by atoms with van der Waals surface area (Å²) in [6, 6.07) is 7.38. The van der Waals surface area contributed by atoms with Gasteiger partial charge in [0.05, 0.1) is 5.69 Å². The molecule has 108 valence electrons. The Hall–Kier alpha value is -1.11. The number of rotatable bonds is 5. The predicted molar refractivity (Wildman–Crippen MR) is 83.1 cm³/mol. The van der Waals surface area contributed by atoms with Crippen LogP contribution in [0.2, 0.25) is 4.47 Å². The molecule has 0 atom stereocenters. The molecule has 0 saturated carbocycles. The summed E-state index contributed by atoms with van der Waals surface area (Å²) >= 11 is 6.70. The van der Waals surface area contributed by atoms with Gasteiger partial charge in [-0.2, -0.15) is 0 Å². The van der Waals surface area contributed by atoms with Crippen molar-refractivity contribution in [2.24, 2.45) is 0 Å². The Kier molecular flexibility index (Phi) is 4.67. The second kappa shape index (κ2) is 6.11. The Bertz CT molecular complexity index is 694. The molecule has 4 nitrogen and oxygen atoms in total. The lowest BCUT2D eigenvalue weighted by atomic mass is 10.1. The van der Waals surface area contributed by atoms with Crippen LogP contribution < -0.4 is 4.72 Å². The molecule has 1 heterocycles. The first-order valence-electron chi connectivity index (χ1n) is 6.17. The minimum Gasteiger partial charge on any atom is -0.279 e. The first-order valence-corrected chi connectivity index (χ1v) is 8.85. The van der Waals surface area contributed by atoms with E-state index in [2.05, 4.69) is 16.6 Å². The van der Waals surface area contributed by atoms with Gasteiger partial charge in [-0.15, -0.1) is 0 Å². The van der Waals surface area contributed by atoms with Crippen molar-refractivity contribution < 1.29 is 8.42 Å². The van der Waals surface area contributed by atoms with Crippen molar-refractivity contribution in [3.63, 3.8) is 0 Å². The smallest absolute Gasteiger partial charge is 0.273 e. The third-order valence-electron chi connectivity index (χ3n) is 2.72. The van der Waals surface area contributed by atoms with E-state index in [0.29, 0.717) is 11.4 Å². The average Bonchev–Trinajstić information content (AvgIpc) is 2.72. The number of nitrogens with one attached hydrogen (secondary N) is 1. The fourth-order valence-corrected chi connectivity index (χ4v) is 4.63. The van der Waals surface area contributed by atoms with Crippen LogP contribution in [-0.2, 0) is 16.4 Å². The molecule has 0 spiro atoms. The van der Waals surface area contributed by atoms with Crippen molar-refractivity contribution >= 4 is 38.6 Å². The van der Waals surface area contributed by atoms with Crippen LogP contribution in [0, 0.1) is 6.92 Å². The monoisotopic (exact) mass is 330 g/mol. The van der Waals surface area contributed by atoms with Crippen molar-refractivity contribution in [2.45, 2.75) is 30.9 Å². The van der Waals surface area contributed by atoms with Crippen LogP contribution in [-0.4, -0.2) is 13.4 Å². The van der Waals surface area contributed by atoms with Gasteiger partial charge in [0.15, 0.2) is 8.68 Å². The summed E-state index contributed by atoms with van der Waals surface area (Å²) < 4.78 is 27.4. The number of nitrogens with zero attached hydrogens (tertiary/aromatic N) is 1. The van der Waals surface area contributed by atoms with Gasteiger partial charge in [0.25, 0.3) is 10.0 Å². The molecule has 1 aromatic carbocycles. The summed E-state index contributed by atoms with van der Waals surface area (Å²) in [5.74, 6) is 0. The molecule has 0 unspecified atom stereocenters. The highest BCUT2D eigenvalue weighted by atomic mass is 35.5. The Labute approximate surface area is 127 Å². The zero-order valence-electron chi connectivity index (χ0n) is 11.2. The van der Waals surface area contributed by atoms with Crippen molar-refractivity contribution in [2.75, 3.05) is 4.72 Å². The number of aromatic nitrogens is 1. The van der Waals surface area contributed by atoms with E-state index in [-0.39, 0.29) is 8.68 Å². The predicted octanol–water partition coefficient (Wildman–Crippen LogP) is 3.86. The summed E-state index contributed by atoms with van der Waals surface area (Å²) in [7, 11) is -3.63. The van der Waals surface area contributed by atoms with Gasteiger partial charge in [-0.25, -0.2) is 13.4 Å². The van der Waals surface area contributed by atoms with E-state index in [1.807, 2.05) is 12.1 Å². The molecule has 0 aliphatic rings. The van der Waals surface area contributed by atoms with E-state index in [0.717, 1.165) is 24.2 Å². The van der Waals surface area contributed by atoms with Crippen molar-refractivity contribution in [3.05, 3.63) is 40.0 Å². The summed E-state index contributed by atoms with van der Waals surface area (Å²) in [6.07, 6.45) is 2.04. The minimum absolute atomic E-state index is 0.153. The van der Waals surface area contributed by atoms with Gasteiger partial charge in [0.1, 0.15) is 0 Å². The second-order valence-electron chi connectivity index (χ2n) is 4.39. The molecule has 0 aliphatic carbocycles. The highest BCUT2D eigenvalue weighted by Gasteiger charge is 2.21. The molecule has 0 amide bonds. The largest absolute Gasteiger partial charge is 0.279 e. The maximum atomic E-state index is 12.2. The third-order valence-corrected chi connectivity index (χ3v) is 5.97. The quantitative estimate of drug-likeness (QED) is 0.905. The minimum atomic E-state index is -3.63. The highest BCUT2D eigenvalue weighted by molar-refractivity contribution is 7.94. The van der Waals surface area contributed by atoms with Crippen LogP contribution >= 0.6 is 22.9 Å². The molecule has 1 N–H and O–H groups in total. The fourth-order valence-electron chi connectivity index (χ4n) is 1.83. The maximum absolute atomic E-state index is 12.2. The Morgan fingerprint density at radius 3 is 2.45 bits per heavy atom. The molecule has 1 aromatic heterocycles. The molecule has 0 saturated heterocycles. The zero-order chi connectivity index (χ0) is 14.8. The van der Waals surface area contributed by atoms with E-state index in [9.17, 15) is 8.42 Å². The molecule has 0 radical (unpaired) electrons. The highest BCUT2D eigenvalue weighted by Crippen LogP contribution is 2.28. The normalized spacial score (nSPS) is 11.6. The van der Waals surface area contributed by atoms with E-state index in [1.54, 1.807) is 19.1 Å². The van der Waals surface area contributed by atoms with Gasteiger partial charge in [-0.05, 0) is 31.0 Å². The van der Waals surface area contributed by atoms with Crippen LogP contribution in [0.4, 0.5) is 5.69 Å². The standard InChI is InChI=1S/C13H15ClN2O2S2/c1-3-4-10-5-7-11(8-6-10)16-20(17,18)12-9(2)15-13(14)19-12/h5-8,16H,3-4H2,1-2H3. The summed E-state index contributed by atoms with van der Waals surface area (Å²) in [4.78, 5) is 3.92. The summed E-state index contributed by atoms with van der Waals surface area (Å²) in [5, 5.41) is 0. The maximum Gasteiger partial charge on any atom is 0.273 e. The lowest BCUT2D eigenvalue weighted by Crippen LogP contribution is -2.12. The van der Waals surface area contributed by atoms with Crippen molar-refractivity contribution in [1.29, 1.82) is 0 Å². The van der Waals surface area contributed by atoms with Crippen molar-refractivity contribution in [1.82, 2.24) is 4.98 Å². The Morgan fingerprint density at radius 2 is 1.95 bits per heavy atom. The molecule has 2 aromatic rings. The summed E-state index contributed by atoms with van der Waals surface area (Å²) in [5.41, 5.74) is 2.14. The molecule has 7 heteroatoms. The lowest BCUT2D eigenvalue weighted by Gasteiger charge is -2.07. The number of thiazole rings is 1. The first kappa shape index (κ1) is 15.3. The van der Waals surface area contributed by atoms with E-state index < -0.39 is 10.0 Å². The van der Waals surface area contributed by atoms with E-state index in [4.69, 9.17) is 11.6 Å². The number of aryl methyl sites for hydroxylation is 2. The Morgan fingerprint density at radius 1 is 1.30 bits per heavy atom. The van der Waals surface area contributed by atoms with Gasteiger partial charge < -0.3 is 0 Å². The van der Waals surface area contributed by atoms with Gasteiger partial charge in [0, 0.05) is 5.69 Å². The molecule has 2 rings (SSSR count). The van der Waals surface area contributed by atoms with Crippen LogP contribution in [0.5, 0.6) is 0 Å². The third kappa shape index (κ3) is 3.50. The van der Waals surface area contributed by atoms with Crippen molar-refractivity contribution in [3.8, 4) is 0 Å². The SMILES string of the molecule is CCCc1ccc(NS(=O)(=O)c2sc(Cl)nc2C)cc1. The molecule has 0 bridgehead atoms. The fraction of sp³-hybridized carbons (Fsp3) is 0.308. The number of sulfonamides is 1. The van der Waals surface area contributed by atoms with Gasteiger partial charge in [0.2, 0.25) is 0 Å².